The van der Waals surface area contributed by atoms with Gasteiger partial charge in [0.25, 0.3) is 0 Å². The minimum atomic E-state index is 0.611. The summed E-state index contributed by atoms with van der Waals surface area (Å²) in [5, 5.41) is 13.8. The number of aromatic nitrogens is 2. The van der Waals surface area contributed by atoms with Crippen LogP contribution in [0.3, 0.4) is 0 Å². The van der Waals surface area contributed by atoms with Gasteiger partial charge in [-0.3, -0.25) is 4.68 Å². The van der Waals surface area contributed by atoms with Crippen LogP contribution in [-0.2, 0) is 13.6 Å². The number of benzene rings is 2. The van der Waals surface area contributed by atoms with Gasteiger partial charge in [-0.05, 0) is 30.6 Å². The second-order valence-corrected chi connectivity index (χ2v) is 5.66. The molecule has 0 unspecified atom stereocenters. The second-order valence-electron chi connectivity index (χ2n) is 5.25. The van der Waals surface area contributed by atoms with Gasteiger partial charge in [-0.2, -0.15) is 5.10 Å². The number of hydrogen-bond acceptors (Lipinski definition) is 2. The first-order valence-corrected chi connectivity index (χ1v) is 7.56. The number of anilines is 1. The maximum Gasteiger partial charge on any atom is 0.171 e. The van der Waals surface area contributed by atoms with Gasteiger partial charge in [0.15, 0.2) is 5.11 Å². The standard InChI is InChI=1S/C17H18N4S/c1-12-14(11-21(2)20-12)10-18-17(22)19-16-9-5-7-13-6-3-4-8-15(13)16/h3-9,11H,10H2,1-2H3,(H2,18,19,22). The van der Waals surface area contributed by atoms with Crippen molar-refractivity contribution in [2.24, 2.45) is 7.05 Å². The average molecular weight is 310 g/mol. The maximum atomic E-state index is 5.40. The van der Waals surface area contributed by atoms with Gasteiger partial charge in [0, 0.05) is 36.4 Å². The zero-order chi connectivity index (χ0) is 15.5. The first kappa shape index (κ1) is 14.5. The van der Waals surface area contributed by atoms with Crippen molar-refractivity contribution in [1.29, 1.82) is 0 Å². The highest BCUT2D eigenvalue weighted by atomic mass is 32.1. The summed E-state index contributed by atoms with van der Waals surface area (Å²) < 4.78 is 1.81. The highest BCUT2D eigenvalue weighted by Gasteiger charge is 2.05. The van der Waals surface area contributed by atoms with Crippen LogP contribution in [0.5, 0.6) is 0 Å². The predicted octanol–water partition coefficient (Wildman–Crippen LogP) is 3.37. The maximum absolute atomic E-state index is 5.40. The Kier molecular flexibility index (Phi) is 4.06. The van der Waals surface area contributed by atoms with Crippen molar-refractivity contribution < 1.29 is 0 Å². The molecule has 0 atom stereocenters. The van der Waals surface area contributed by atoms with Gasteiger partial charge in [0.2, 0.25) is 0 Å². The van der Waals surface area contributed by atoms with E-state index in [2.05, 4.69) is 33.9 Å². The lowest BCUT2D eigenvalue weighted by Crippen LogP contribution is -2.28. The van der Waals surface area contributed by atoms with Crippen molar-refractivity contribution in [2.75, 3.05) is 5.32 Å². The van der Waals surface area contributed by atoms with E-state index < -0.39 is 0 Å². The number of nitrogens with one attached hydrogen (secondary N) is 2. The molecule has 0 amide bonds. The van der Waals surface area contributed by atoms with Crippen LogP contribution in [-0.4, -0.2) is 14.9 Å². The van der Waals surface area contributed by atoms with Gasteiger partial charge in [-0.1, -0.05) is 36.4 Å². The van der Waals surface area contributed by atoms with E-state index in [0.29, 0.717) is 11.7 Å². The molecule has 0 aliphatic carbocycles. The van der Waals surface area contributed by atoms with Crippen LogP contribution >= 0.6 is 12.2 Å². The Morgan fingerprint density at radius 3 is 2.73 bits per heavy atom. The molecular weight excluding hydrogens is 292 g/mol. The molecule has 4 nitrogen and oxygen atoms in total. The highest BCUT2D eigenvalue weighted by molar-refractivity contribution is 7.80. The fourth-order valence-corrected chi connectivity index (χ4v) is 2.68. The van der Waals surface area contributed by atoms with Gasteiger partial charge < -0.3 is 10.6 Å². The van der Waals surface area contributed by atoms with Gasteiger partial charge in [-0.15, -0.1) is 0 Å². The monoisotopic (exact) mass is 310 g/mol. The molecule has 0 radical (unpaired) electrons. The summed E-state index contributed by atoms with van der Waals surface area (Å²) in [4.78, 5) is 0. The Labute approximate surface area is 135 Å². The van der Waals surface area contributed by atoms with Gasteiger partial charge in [0.05, 0.1) is 5.69 Å². The van der Waals surface area contributed by atoms with Gasteiger partial charge in [-0.25, -0.2) is 0 Å². The van der Waals surface area contributed by atoms with Crippen LogP contribution in [0.15, 0.2) is 48.7 Å². The number of hydrogen-bond donors (Lipinski definition) is 2. The van der Waals surface area contributed by atoms with Gasteiger partial charge >= 0.3 is 0 Å². The van der Waals surface area contributed by atoms with Crippen molar-refractivity contribution >= 4 is 33.8 Å². The summed E-state index contributed by atoms with van der Waals surface area (Å²) in [5.41, 5.74) is 3.17. The van der Waals surface area contributed by atoms with Crippen LogP contribution in [0.4, 0.5) is 5.69 Å². The zero-order valence-electron chi connectivity index (χ0n) is 12.6. The number of nitrogens with zero attached hydrogens (tertiary/aromatic N) is 2. The summed E-state index contributed by atoms with van der Waals surface area (Å²) in [7, 11) is 1.92. The molecule has 0 spiro atoms. The fourth-order valence-electron chi connectivity index (χ4n) is 2.50. The SMILES string of the molecule is Cc1nn(C)cc1CNC(=S)Nc1cccc2ccccc12. The minimum absolute atomic E-state index is 0.611. The Morgan fingerprint density at radius 2 is 1.95 bits per heavy atom. The van der Waals surface area contributed by atoms with E-state index >= 15 is 0 Å². The molecule has 0 saturated carbocycles. The summed E-state index contributed by atoms with van der Waals surface area (Å²) >= 11 is 5.40. The Bertz CT molecular complexity index is 817. The highest BCUT2D eigenvalue weighted by Crippen LogP contribution is 2.22. The summed E-state index contributed by atoms with van der Waals surface area (Å²) in [6.07, 6.45) is 2.00. The van der Waals surface area contributed by atoms with Crippen LogP contribution in [0.25, 0.3) is 10.8 Å². The van der Waals surface area contributed by atoms with Crippen molar-refractivity contribution in [3.05, 3.63) is 59.9 Å². The molecule has 0 aliphatic rings. The predicted molar refractivity (Wildman–Crippen MR) is 95.0 cm³/mol. The Balaban J connectivity index is 1.70. The molecule has 2 aromatic carbocycles. The molecule has 1 heterocycles. The second kappa shape index (κ2) is 6.15. The molecule has 3 aromatic rings. The van der Waals surface area contributed by atoms with E-state index in [9.17, 15) is 0 Å². The molecule has 1 aromatic heterocycles. The van der Waals surface area contributed by atoms with E-state index in [1.54, 1.807) is 0 Å². The van der Waals surface area contributed by atoms with Crippen LogP contribution < -0.4 is 10.6 Å². The molecule has 0 bridgehead atoms. The quantitative estimate of drug-likeness (QED) is 0.728. The number of aryl methyl sites for hydroxylation is 2. The van der Waals surface area contributed by atoms with Crippen molar-refractivity contribution in [3.63, 3.8) is 0 Å². The third kappa shape index (κ3) is 3.09. The van der Waals surface area contributed by atoms with E-state index in [1.807, 2.05) is 49.1 Å². The minimum Gasteiger partial charge on any atom is -0.358 e. The first-order chi connectivity index (χ1) is 10.6. The topological polar surface area (TPSA) is 41.9 Å². The first-order valence-electron chi connectivity index (χ1n) is 7.15. The lowest BCUT2D eigenvalue weighted by Gasteiger charge is -2.12. The van der Waals surface area contributed by atoms with E-state index in [1.165, 1.54) is 5.39 Å². The van der Waals surface area contributed by atoms with Crippen molar-refractivity contribution in [1.82, 2.24) is 15.1 Å². The largest absolute Gasteiger partial charge is 0.358 e. The molecule has 0 aliphatic heterocycles. The Hall–Kier alpha value is -2.40. The molecule has 0 saturated heterocycles. The van der Waals surface area contributed by atoms with E-state index in [-0.39, 0.29) is 0 Å². The van der Waals surface area contributed by atoms with E-state index in [4.69, 9.17) is 12.2 Å². The fraction of sp³-hybridized carbons (Fsp3) is 0.176. The smallest absolute Gasteiger partial charge is 0.171 e. The lowest BCUT2D eigenvalue weighted by molar-refractivity contribution is 0.756. The molecule has 2 N–H and O–H groups in total. The van der Waals surface area contributed by atoms with Crippen LogP contribution in [0, 0.1) is 6.92 Å². The molecular formula is C17H18N4S. The third-order valence-corrected chi connectivity index (χ3v) is 3.84. The summed E-state index contributed by atoms with van der Waals surface area (Å²) in [6, 6.07) is 14.4. The molecule has 22 heavy (non-hydrogen) atoms. The lowest BCUT2D eigenvalue weighted by atomic mass is 10.1. The number of rotatable bonds is 3. The number of thiocarbonyl (C=S) groups is 1. The number of fused-ring (bicyclic) bond motifs is 1. The van der Waals surface area contributed by atoms with Crippen molar-refractivity contribution in [3.8, 4) is 0 Å². The third-order valence-electron chi connectivity index (χ3n) is 3.59. The van der Waals surface area contributed by atoms with Gasteiger partial charge in [0.1, 0.15) is 0 Å². The molecule has 5 heteroatoms. The normalized spacial score (nSPS) is 10.6. The summed E-state index contributed by atoms with van der Waals surface area (Å²) in [6.45, 7) is 2.66. The summed E-state index contributed by atoms with van der Waals surface area (Å²) in [5.74, 6) is 0. The Morgan fingerprint density at radius 1 is 1.18 bits per heavy atom. The molecule has 0 fully saturated rings. The zero-order valence-corrected chi connectivity index (χ0v) is 13.4. The molecule has 112 valence electrons. The van der Waals surface area contributed by atoms with E-state index in [0.717, 1.165) is 22.3 Å². The molecule has 3 rings (SSSR count). The van der Waals surface area contributed by atoms with Crippen LogP contribution in [0.2, 0.25) is 0 Å². The van der Waals surface area contributed by atoms with Crippen molar-refractivity contribution in [2.45, 2.75) is 13.5 Å². The van der Waals surface area contributed by atoms with Crippen LogP contribution in [0.1, 0.15) is 11.3 Å². The average Bonchev–Trinajstić information content (AvgIpc) is 2.83.